The van der Waals surface area contributed by atoms with Crippen LogP contribution in [-0.2, 0) is 7.05 Å². The minimum Gasteiger partial charge on any atom is -0.306 e. The van der Waals surface area contributed by atoms with Crippen LogP contribution >= 0.6 is 27.3 Å². The molecule has 104 valence electrons. The Balaban J connectivity index is 2.46. The van der Waals surface area contributed by atoms with E-state index in [0.717, 1.165) is 18.7 Å². The summed E-state index contributed by atoms with van der Waals surface area (Å²) in [5, 5.41) is 12.5. The van der Waals surface area contributed by atoms with Gasteiger partial charge in [0.1, 0.15) is 0 Å². The lowest BCUT2D eigenvalue weighted by Crippen LogP contribution is -2.24. The van der Waals surface area contributed by atoms with Crippen molar-refractivity contribution in [1.29, 1.82) is 0 Å². The zero-order valence-electron chi connectivity index (χ0n) is 11.8. The van der Waals surface area contributed by atoms with Crippen LogP contribution in [0.1, 0.15) is 41.9 Å². The summed E-state index contributed by atoms with van der Waals surface area (Å²) in [7, 11) is 2.01. The number of halogens is 1. The summed E-state index contributed by atoms with van der Waals surface area (Å²) >= 11 is 5.38. The number of aryl methyl sites for hydroxylation is 2. The van der Waals surface area contributed by atoms with Gasteiger partial charge in [0, 0.05) is 28.2 Å². The minimum atomic E-state index is 0.217. The second kappa shape index (κ2) is 6.20. The van der Waals surface area contributed by atoms with Gasteiger partial charge in [0.2, 0.25) is 0 Å². The molecule has 0 aliphatic rings. The Kier molecular flexibility index (Phi) is 4.81. The number of rotatable bonds is 5. The van der Waals surface area contributed by atoms with Gasteiger partial charge >= 0.3 is 0 Å². The highest BCUT2D eigenvalue weighted by Crippen LogP contribution is 2.34. The monoisotopic (exact) mass is 341 g/mol. The lowest BCUT2D eigenvalue weighted by Gasteiger charge is -2.19. The molecule has 0 fully saturated rings. The van der Waals surface area contributed by atoms with Crippen LogP contribution in [0, 0.1) is 13.8 Å². The highest BCUT2D eigenvalue weighted by molar-refractivity contribution is 9.10. The first kappa shape index (κ1) is 14.8. The first-order valence-corrected chi connectivity index (χ1v) is 8.24. The van der Waals surface area contributed by atoms with E-state index in [0.29, 0.717) is 0 Å². The number of hydrogen-bond acceptors (Lipinski definition) is 3. The molecule has 0 amide bonds. The highest BCUT2D eigenvalue weighted by atomic mass is 79.9. The Hall–Kier alpha value is -0.650. The van der Waals surface area contributed by atoms with Crippen LogP contribution in [0.2, 0.25) is 0 Å². The molecule has 0 saturated heterocycles. The molecule has 2 aromatic heterocycles. The van der Waals surface area contributed by atoms with E-state index in [9.17, 15) is 0 Å². The smallest absolute Gasteiger partial charge is 0.0647 e. The molecule has 0 aliphatic carbocycles. The van der Waals surface area contributed by atoms with Crippen molar-refractivity contribution in [2.45, 2.75) is 33.2 Å². The van der Waals surface area contributed by atoms with Crippen molar-refractivity contribution in [2.24, 2.45) is 7.05 Å². The van der Waals surface area contributed by atoms with Gasteiger partial charge in [-0.25, -0.2) is 0 Å². The van der Waals surface area contributed by atoms with Gasteiger partial charge in [0.15, 0.2) is 0 Å². The van der Waals surface area contributed by atoms with Gasteiger partial charge in [-0.05, 0) is 53.7 Å². The number of nitrogens with zero attached hydrogens (tertiary/aromatic N) is 2. The Labute approximate surface area is 127 Å². The van der Waals surface area contributed by atoms with Gasteiger partial charge in [-0.2, -0.15) is 16.4 Å². The molecule has 0 aromatic carbocycles. The van der Waals surface area contributed by atoms with Gasteiger partial charge in [-0.3, -0.25) is 4.68 Å². The molecule has 0 bridgehead atoms. The van der Waals surface area contributed by atoms with Crippen molar-refractivity contribution >= 4 is 27.3 Å². The van der Waals surface area contributed by atoms with Gasteiger partial charge in [0.25, 0.3) is 0 Å². The maximum Gasteiger partial charge on any atom is 0.0647 e. The molecule has 0 spiro atoms. The molecule has 1 unspecified atom stereocenters. The van der Waals surface area contributed by atoms with Crippen LogP contribution in [0.5, 0.6) is 0 Å². The van der Waals surface area contributed by atoms with E-state index < -0.39 is 0 Å². The maximum atomic E-state index is 4.54. The average Bonchev–Trinajstić information content (AvgIpc) is 2.88. The quantitative estimate of drug-likeness (QED) is 0.892. The number of thiophene rings is 1. The summed E-state index contributed by atoms with van der Waals surface area (Å²) in [5.74, 6) is 0. The lowest BCUT2D eigenvalue weighted by atomic mass is 9.99. The van der Waals surface area contributed by atoms with Crippen LogP contribution < -0.4 is 5.32 Å². The molecule has 3 nitrogen and oxygen atoms in total. The largest absolute Gasteiger partial charge is 0.306 e. The van der Waals surface area contributed by atoms with Crippen molar-refractivity contribution in [3.8, 4) is 0 Å². The predicted molar refractivity (Wildman–Crippen MR) is 84.8 cm³/mol. The van der Waals surface area contributed by atoms with Crippen molar-refractivity contribution in [3.63, 3.8) is 0 Å². The molecule has 1 atom stereocenters. The Morgan fingerprint density at radius 1 is 1.42 bits per heavy atom. The third kappa shape index (κ3) is 2.93. The summed E-state index contributed by atoms with van der Waals surface area (Å²) in [6, 6.07) is 0.217. The van der Waals surface area contributed by atoms with E-state index in [1.165, 1.54) is 21.3 Å². The van der Waals surface area contributed by atoms with E-state index in [-0.39, 0.29) is 6.04 Å². The zero-order valence-corrected chi connectivity index (χ0v) is 14.2. The Morgan fingerprint density at radius 2 is 2.16 bits per heavy atom. The summed E-state index contributed by atoms with van der Waals surface area (Å²) in [5.41, 5.74) is 4.93. The summed E-state index contributed by atoms with van der Waals surface area (Å²) in [4.78, 5) is 0. The van der Waals surface area contributed by atoms with Gasteiger partial charge in [-0.15, -0.1) is 0 Å². The molecule has 5 heteroatoms. The average molecular weight is 342 g/mol. The van der Waals surface area contributed by atoms with Crippen molar-refractivity contribution in [1.82, 2.24) is 15.1 Å². The third-order valence-electron chi connectivity index (χ3n) is 3.41. The van der Waals surface area contributed by atoms with Crippen molar-refractivity contribution in [2.75, 3.05) is 6.54 Å². The van der Waals surface area contributed by atoms with Crippen LogP contribution in [0.4, 0.5) is 0 Å². The summed E-state index contributed by atoms with van der Waals surface area (Å²) in [6.45, 7) is 7.41. The van der Waals surface area contributed by atoms with Crippen LogP contribution in [0.15, 0.2) is 15.2 Å². The van der Waals surface area contributed by atoms with Crippen LogP contribution in [0.25, 0.3) is 0 Å². The second-order valence-corrected chi connectivity index (χ2v) is 6.37. The minimum absolute atomic E-state index is 0.217. The van der Waals surface area contributed by atoms with E-state index in [2.05, 4.69) is 57.9 Å². The van der Waals surface area contributed by atoms with Gasteiger partial charge in [-0.1, -0.05) is 6.92 Å². The fourth-order valence-corrected chi connectivity index (χ4v) is 3.91. The van der Waals surface area contributed by atoms with E-state index in [1.54, 1.807) is 11.3 Å². The SMILES string of the molecule is CCCNC(c1cscc1Br)c1c(C)nn(C)c1C. The highest BCUT2D eigenvalue weighted by Gasteiger charge is 2.23. The van der Waals surface area contributed by atoms with E-state index >= 15 is 0 Å². The Morgan fingerprint density at radius 3 is 2.63 bits per heavy atom. The topological polar surface area (TPSA) is 29.9 Å². The zero-order chi connectivity index (χ0) is 14.0. The fourth-order valence-electron chi connectivity index (χ4n) is 2.36. The molecule has 2 aromatic rings. The number of hydrogen-bond donors (Lipinski definition) is 1. The molecule has 0 saturated carbocycles. The third-order valence-corrected chi connectivity index (χ3v) is 5.16. The summed E-state index contributed by atoms with van der Waals surface area (Å²) in [6.07, 6.45) is 1.12. The van der Waals surface area contributed by atoms with Crippen molar-refractivity contribution in [3.05, 3.63) is 37.7 Å². The van der Waals surface area contributed by atoms with Gasteiger partial charge < -0.3 is 5.32 Å². The first-order valence-electron chi connectivity index (χ1n) is 6.51. The molecular formula is C14H20BrN3S. The van der Waals surface area contributed by atoms with Crippen molar-refractivity contribution < 1.29 is 0 Å². The number of nitrogens with one attached hydrogen (secondary N) is 1. The lowest BCUT2D eigenvalue weighted by molar-refractivity contribution is 0.592. The molecule has 19 heavy (non-hydrogen) atoms. The standard InChI is InChI=1S/C14H20BrN3S/c1-5-6-16-14(11-7-19-8-12(11)15)13-9(2)17-18(4)10(13)3/h7-8,14,16H,5-6H2,1-4H3. The predicted octanol–water partition coefficient (Wildman–Crippen LogP) is 3.95. The molecule has 0 radical (unpaired) electrons. The summed E-state index contributed by atoms with van der Waals surface area (Å²) < 4.78 is 3.14. The molecule has 2 rings (SSSR count). The van der Waals surface area contributed by atoms with E-state index in [1.807, 2.05) is 11.7 Å². The normalized spacial score (nSPS) is 12.9. The first-order chi connectivity index (χ1) is 9.06. The van der Waals surface area contributed by atoms with Crippen LogP contribution in [-0.4, -0.2) is 16.3 Å². The van der Waals surface area contributed by atoms with Gasteiger partial charge in [0.05, 0.1) is 11.7 Å². The number of aromatic nitrogens is 2. The molecule has 1 N–H and O–H groups in total. The molecular weight excluding hydrogens is 322 g/mol. The Bertz CT molecular complexity index is 559. The second-order valence-electron chi connectivity index (χ2n) is 4.77. The maximum absolute atomic E-state index is 4.54. The molecule has 2 heterocycles. The van der Waals surface area contributed by atoms with Crippen LogP contribution in [0.3, 0.4) is 0 Å². The fraction of sp³-hybridized carbons (Fsp3) is 0.500. The van der Waals surface area contributed by atoms with E-state index in [4.69, 9.17) is 0 Å². The molecule has 0 aliphatic heterocycles.